The molecule has 1 atom stereocenters. The summed E-state index contributed by atoms with van der Waals surface area (Å²) in [6.07, 6.45) is 1.11. The molecule has 26 heavy (non-hydrogen) atoms. The summed E-state index contributed by atoms with van der Waals surface area (Å²) in [6.45, 7) is 1.78. The van der Waals surface area contributed by atoms with Crippen molar-refractivity contribution in [2.75, 3.05) is 6.54 Å². The molecule has 2 aliphatic heterocycles. The number of amides is 3. The lowest BCUT2D eigenvalue weighted by atomic mass is 10.0. The van der Waals surface area contributed by atoms with Crippen LogP contribution < -0.4 is 10.6 Å². The van der Waals surface area contributed by atoms with Crippen molar-refractivity contribution >= 4 is 18.2 Å². The summed E-state index contributed by atoms with van der Waals surface area (Å²) in [4.78, 5) is 30.2. The third-order valence-electron chi connectivity index (χ3n) is 4.40. The third-order valence-corrected chi connectivity index (χ3v) is 4.40. The van der Waals surface area contributed by atoms with Crippen molar-refractivity contribution in [1.29, 1.82) is 0 Å². The van der Waals surface area contributed by atoms with Crippen LogP contribution in [0.3, 0.4) is 0 Å². The Bertz CT molecular complexity index is 759. The van der Waals surface area contributed by atoms with Gasteiger partial charge in [0.1, 0.15) is 6.54 Å². The van der Waals surface area contributed by atoms with Crippen LogP contribution in [0.5, 0.6) is 0 Å². The Morgan fingerprint density at radius 3 is 2.65 bits per heavy atom. The maximum absolute atomic E-state index is 12.7. The molecule has 2 aliphatic rings. The molecular formula is C18H20F2N4O2. The van der Waals surface area contributed by atoms with E-state index in [0.29, 0.717) is 30.8 Å². The number of halogens is 2. The van der Waals surface area contributed by atoms with Crippen LogP contribution >= 0.6 is 0 Å². The van der Waals surface area contributed by atoms with Gasteiger partial charge in [0.2, 0.25) is 5.91 Å². The number of carbonyl (C=O) groups excluding carboxylic acids is 2. The predicted molar refractivity (Wildman–Crippen MR) is 92.6 cm³/mol. The molecule has 0 bridgehead atoms. The first-order valence-electron chi connectivity index (χ1n) is 8.51. The van der Waals surface area contributed by atoms with Gasteiger partial charge in [0.25, 0.3) is 6.43 Å². The maximum Gasteiger partial charge on any atom is 0.324 e. The molecule has 0 aromatic heterocycles. The van der Waals surface area contributed by atoms with Crippen molar-refractivity contribution in [1.82, 2.24) is 15.5 Å². The van der Waals surface area contributed by atoms with Gasteiger partial charge in [0.05, 0.1) is 11.7 Å². The van der Waals surface area contributed by atoms with Gasteiger partial charge >= 0.3 is 6.03 Å². The van der Waals surface area contributed by atoms with Crippen molar-refractivity contribution in [2.24, 2.45) is 4.99 Å². The smallest absolute Gasteiger partial charge is 0.324 e. The normalized spacial score (nSPS) is 17.8. The molecule has 0 spiro atoms. The summed E-state index contributed by atoms with van der Waals surface area (Å²) in [5.74, 6) is 0.196. The highest BCUT2D eigenvalue weighted by atomic mass is 19.3. The minimum atomic E-state index is -2.53. The number of benzene rings is 1. The van der Waals surface area contributed by atoms with Gasteiger partial charge < -0.3 is 10.6 Å². The fraction of sp³-hybridized carbons (Fsp3) is 0.389. The molecule has 0 aliphatic carbocycles. The molecule has 138 valence electrons. The minimum Gasteiger partial charge on any atom is -0.331 e. The van der Waals surface area contributed by atoms with Crippen LogP contribution in [0.15, 0.2) is 40.8 Å². The van der Waals surface area contributed by atoms with Gasteiger partial charge in [-0.3, -0.25) is 9.69 Å². The second-order valence-corrected chi connectivity index (χ2v) is 6.16. The number of hydrogen-bond donors (Lipinski definition) is 2. The lowest BCUT2D eigenvalue weighted by Crippen LogP contribution is -2.50. The SMILES string of the molecule is CCC(NC(=O)N1CC(=O)NC2=C1N=CCC2)c1ccc(C(F)F)cc1. The highest BCUT2D eigenvalue weighted by Crippen LogP contribution is 2.25. The van der Waals surface area contributed by atoms with E-state index in [0.717, 1.165) is 5.56 Å². The van der Waals surface area contributed by atoms with Crippen molar-refractivity contribution in [3.05, 3.63) is 46.9 Å². The van der Waals surface area contributed by atoms with E-state index in [1.165, 1.54) is 17.0 Å². The summed E-state index contributed by atoms with van der Waals surface area (Å²) in [5, 5.41) is 5.62. The molecule has 1 unspecified atom stereocenters. The Morgan fingerprint density at radius 1 is 1.31 bits per heavy atom. The largest absolute Gasteiger partial charge is 0.331 e. The van der Waals surface area contributed by atoms with Gasteiger partial charge in [-0.15, -0.1) is 0 Å². The maximum atomic E-state index is 12.7. The number of hydrogen-bond acceptors (Lipinski definition) is 3. The summed E-state index contributed by atoms with van der Waals surface area (Å²) in [7, 11) is 0. The molecule has 3 amide bonds. The van der Waals surface area contributed by atoms with Gasteiger partial charge in [-0.2, -0.15) is 0 Å². The van der Waals surface area contributed by atoms with Crippen molar-refractivity contribution in [2.45, 2.75) is 38.7 Å². The van der Waals surface area contributed by atoms with E-state index in [-0.39, 0.29) is 24.1 Å². The quantitative estimate of drug-likeness (QED) is 0.863. The molecular weight excluding hydrogens is 342 g/mol. The number of rotatable bonds is 4. The zero-order valence-electron chi connectivity index (χ0n) is 14.3. The number of aliphatic imine (C=N–C) groups is 1. The Labute approximate surface area is 150 Å². The average molecular weight is 362 g/mol. The summed E-state index contributed by atoms with van der Waals surface area (Å²) in [5.41, 5.74) is 1.32. The number of urea groups is 1. The monoisotopic (exact) mass is 362 g/mol. The molecule has 0 radical (unpaired) electrons. The highest BCUT2D eigenvalue weighted by molar-refractivity contribution is 5.89. The fourth-order valence-electron chi connectivity index (χ4n) is 3.02. The van der Waals surface area contributed by atoms with E-state index >= 15 is 0 Å². The third kappa shape index (κ3) is 3.74. The fourth-order valence-corrected chi connectivity index (χ4v) is 3.02. The van der Waals surface area contributed by atoms with Crippen LogP contribution in [-0.2, 0) is 4.79 Å². The first-order valence-corrected chi connectivity index (χ1v) is 8.51. The predicted octanol–water partition coefficient (Wildman–Crippen LogP) is 3.25. The topological polar surface area (TPSA) is 73.8 Å². The number of nitrogens with zero attached hydrogens (tertiary/aromatic N) is 2. The van der Waals surface area contributed by atoms with Crippen LogP contribution in [0.25, 0.3) is 0 Å². The number of carbonyl (C=O) groups is 2. The number of nitrogens with one attached hydrogen (secondary N) is 2. The van der Waals surface area contributed by atoms with Gasteiger partial charge in [-0.05, 0) is 24.8 Å². The lowest BCUT2D eigenvalue weighted by Gasteiger charge is -2.32. The van der Waals surface area contributed by atoms with Gasteiger partial charge in [-0.1, -0.05) is 31.2 Å². The zero-order chi connectivity index (χ0) is 18.7. The Hall–Kier alpha value is -2.77. The van der Waals surface area contributed by atoms with E-state index in [9.17, 15) is 18.4 Å². The number of alkyl halides is 2. The van der Waals surface area contributed by atoms with Crippen LogP contribution in [0.2, 0.25) is 0 Å². The zero-order valence-corrected chi connectivity index (χ0v) is 14.3. The van der Waals surface area contributed by atoms with Crippen molar-refractivity contribution in [3.63, 3.8) is 0 Å². The Balaban J connectivity index is 1.76. The number of allylic oxidation sites excluding steroid dienone is 1. The average Bonchev–Trinajstić information content (AvgIpc) is 2.65. The van der Waals surface area contributed by atoms with Crippen LogP contribution in [0.1, 0.15) is 49.8 Å². The Kier molecular flexibility index (Phi) is 5.29. The molecule has 1 aromatic carbocycles. The standard InChI is InChI=1S/C18H20F2N4O2/c1-2-13(11-5-7-12(8-6-11)16(19)20)23-18(26)24-10-15(25)22-14-4-3-9-21-17(14)24/h5-9,13,16H,2-4,10H2,1H3,(H,22,25)(H,23,26). The van der Waals surface area contributed by atoms with Crippen LogP contribution in [0, 0.1) is 0 Å². The molecule has 0 saturated carbocycles. The lowest BCUT2D eigenvalue weighted by molar-refractivity contribution is -0.121. The second kappa shape index (κ2) is 7.63. The molecule has 0 fully saturated rings. The molecule has 8 heteroatoms. The van der Waals surface area contributed by atoms with Gasteiger partial charge in [0.15, 0.2) is 5.82 Å². The van der Waals surface area contributed by atoms with E-state index in [2.05, 4.69) is 15.6 Å². The van der Waals surface area contributed by atoms with Crippen LogP contribution in [0.4, 0.5) is 13.6 Å². The molecule has 0 saturated heterocycles. The van der Waals surface area contributed by atoms with E-state index in [4.69, 9.17) is 0 Å². The van der Waals surface area contributed by atoms with Gasteiger partial charge in [-0.25, -0.2) is 18.6 Å². The van der Waals surface area contributed by atoms with Crippen molar-refractivity contribution in [3.8, 4) is 0 Å². The molecule has 2 heterocycles. The summed E-state index contributed by atoms with van der Waals surface area (Å²) >= 11 is 0. The van der Waals surface area contributed by atoms with Crippen LogP contribution in [-0.4, -0.2) is 29.6 Å². The molecule has 6 nitrogen and oxygen atoms in total. The Morgan fingerprint density at radius 2 is 2.00 bits per heavy atom. The minimum absolute atomic E-state index is 0.0611. The molecule has 2 N–H and O–H groups in total. The first kappa shape index (κ1) is 18.0. The first-order chi connectivity index (χ1) is 12.5. The summed E-state index contributed by atoms with van der Waals surface area (Å²) < 4.78 is 25.4. The van der Waals surface area contributed by atoms with Gasteiger partial charge in [0, 0.05) is 11.8 Å². The molecule has 3 rings (SSSR count). The van der Waals surface area contributed by atoms with E-state index in [1.807, 2.05) is 6.92 Å². The summed E-state index contributed by atoms with van der Waals surface area (Å²) in [6, 6.07) is 5.10. The highest BCUT2D eigenvalue weighted by Gasteiger charge is 2.31. The van der Waals surface area contributed by atoms with E-state index < -0.39 is 12.5 Å². The molecule has 1 aromatic rings. The van der Waals surface area contributed by atoms with E-state index in [1.54, 1.807) is 18.3 Å². The second-order valence-electron chi connectivity index (χ2n) is 6.16. The van der Waals surface area contributed by atoms with Crippen molar-refractivity contribution < 1.29 is 18.4 Å².